The predicted octanol–water partition coefficient (Wildman–Crippen LogP) is 3.18. The van der Waals surface area contributed by atoms with Crippen LogP contribution in [0.15, 0.2) is 94.7 Å². The number of nitrogens with zero attached hydrogens (tertiary/aromatic N) is 2. The third kappa shape index (κ3) is 3.59. The zero-order valence-electron chi connectivity index (χ0n) is 14.2. The molecule has 3 rings (SSSR count). The summed E-state index contributed by atoms with van der Waals surface area (Å²) in [6, 6.07) is 18.4. The van der Waals surface area contributed by atoms with E-state index in [-0.39, 0.29) is 19.2 Å². The second-order valence-electron chi connectivity index (χ2n) is 5.61. The Bertz CT molecular complexity index is 1140. The summed E-state index contributed by atoms with van der Waals surface area (Å²) < 4.78 is 53.1. The Balaban J connectivity index is 2.30. The number of anilines is 1. The van der Waals surface area contributed by atoms with Crippen LogP contribution in [0.4, 0.5) is 11.4 Å². The summed E-state index contributed by atoms with van der Waals surface area (Å²) in [4.78, 5) is 9.85. The molecule has 0 aliphatic heterocycles. The molecule has 0 bridgehead atoms. The Morgan fingerprint density at radius 3 is 1.57 bits per heavy atom. The van der Waals surface area contributed by atoms with Gasteiger partial charge in [0.25, 0.3) is 25.7 Å². The maximum absolute atomic E-state index is 13.2. The van der Waals surface area contributed by atoms with E-state index >= 15 is 0 Å². The molecule has 10 heteroatoms. The van der Waals surface area contributed by atoms with Crippen LogP contribution in [-0.2, 0) is 20.0 Å². The van der Waals surface area contributed by atoms with Gasteiger partial charge in [-0.3, -0.25) is 10.1 Å². The average Bonchev–Trinajstić information content (AvgIpc) is 2.69. The van der Waals surface area contributed by atoms with Gasteiger partial charge < -0.3 is 0 Å². The number of nitro groups is 1. The number of rotatable bonds is 6. The molecule has 28 heavy (non-hydrogen) atoms. The van der Waals surface area contributed by atoms with E-state index in [1.807, 2.05) is 0 Å². The van der Waals surface area contributed by atoms with Crippen molar-refractivity contribution >= 4 is 31.4 Å². The first-order chi connectivity index (χ1) is 13.2. The third-order valence-electron chi connectivity index (χ3n) is 3.77. The van der Waals surface area contributed by atoms with E-state index in [0.29, 0.717) is 0 Å². The Hall–Kier alpha value is -3.24. The highest BCUT2D eigenvalue weighted by Crippen LogP contribution is 2.32. The average molecular weight is 418 g/mol. The molecule has 0 aliphatic rings. The Morgan fingerprint density at radius 1 is 0.679 bits per heavy atom. The van der Waals surface area contributed by atoms with Crippen molar-refractivity contribution in [1.82, 2.24) is 0 Å². The molecular formula is C18H14N2O6S2. The van der Waals surface area contributed by atoms with Crippen molar-refractivity contribution < 1.29 is 21.8 Å². The first-order valence-corrected chi connectivity index (χ1v) is 10.8. The van der Waals surface area contributed by atoms with Gasteiger partial charge in [0.05, 0.1) is 20.4 Å². The Labute approximate surface area is 161 Å². The minimum atomic E-state index is -4.58. The molecule has 0 aliphatic carbocycles. The molecule has 8 nitrogen and oxygen atoms in total. The topological polar surface area (TPSA) is 115 Å². The molecule has 144 valence electrons. The van der Waals surface area contributed by atoms with Gasteiger partial charge in [-0.25, -0.2) is 16.8 Å². The molecule has 0 radical (unpaired) electrons. The van der Waals surface area contributed by atoms with Crippen molar-refractivity contribution in [3.05, 3.63) is 95.0 Å². The fourth-order valence-corrected chi connectivity index (χ4v) is 6.22. The van der Waals surface area contributed by atoms with Crippen molar-refractivity contribution in [2.24, 2.45) is 0 Å². The Kier molecular flexibility index (Phi) is 5.16. The fraction of sp³-hybridized carbons (Fsp3) is 0. The van der Waals surface area contributed by atoms with Crippen LogP contribution in [0.5, 0.6) is 0 Å². The van der Waals surface area contributed by atoms with E-state index in [9.17, 15) is 26.9 Å². The first-order valence-electron chi connectivity index (χ1n) is 7.90. The number of benzene rings is 3. The fourth-order valence-electron chi connectivity index (χ4n) is 2.50. The van der Waals surface area contributed by atoms with Gasteiger partial charge in [0.2, 0.25) is 0 Å². The molecule has 3 aromatic rings. The second-order valence-corrected chi connectivity index (χ2v) is 9.41. The minimum Gasteiger partial charge on any atom is -0.258 e. The molecule has 0 N–H and O–H groups in total. The largest absolute Gasteiger partial charge is 0.277 e. The molecule has 0 heterocycles. The molecule has 0 fully saturated rings. The summed E-state index contributed by atoms with van der Waals surface area (Å²) in [7, 11) is -9.16. The van der Waals surface area contributed by atoms with Crippen LogP contribution >= 0.6 is 0 Å². The van der Waals surface area contributed by atoms with Gasteiger partial charge in [0, 0.05) is 12.1 Å². The van der Waals surface area contributed by atoms with Gasteiger partial charge in [0.15, 0.2) is 0 Å². The molecule has 0 atom stereocenters. The highest BCUT2D eigenvalue weighted by molar-refractivity contribution is 8.10. The van der Waals surface area contributed by atoms with E-state index in [2.05, 4.69) is 0 Å². The van der Waals surface area contributed by atoms with Crippen molar-refractivity contribution in [1.29, 1.82) is 0 Å². The van der Waals surface area contributed by atoms with Gasteiger partial charge in [0.1, 0.15) is 0 Å². The van der Waals surface area contributed by atoms with Gasteiger partial charge in [-0.15, -0.1) is 0 Å². The van der Waals surface area contributed by atoms with Crippen LogP contribution in [0.25, 0.3) is 0 Å². The van der Waals surface area contributed by atoms with Gasteiger partial charge >= 0.3 is 0 Å². The minimum absolute atomic E-state index is 0.220. The molecule has 0 amide bonds. The van der Waals surface area contributed by atoms with E-state index in [1.54, 1.807) is 12.1 Å². The van der Waals surface area contributed by atoms with E-state index < -0.39 is 30.7 Å². The quantitative estimate of drug-likeness (QED) is 0.449. The van der Waals surface area contributed by atoms with Gasteiger partial charge in [-0.1, -0.05) is 42.5 Å². The SMILES string of the molecule is O=[N+]([O-])c1cccc(N(S(=O)(=O)c2ccccc2)S(=O)(=O)c2ccccc2)c1. The summed E-state index contributed by atoms with van der Waals surface area (Å²) in [6.45, 7) is 0. The lowest BCUT2D eigenvalue weighted by molar-refractivity contribution is -0.384. The van der Waals surface area contributed by atoms with Crippen molar-refractivity contribution in [3.63, 3.8) is 0 Å². The van der Waals surface area contributed by atoms with E-state index in [1.165, 1.54) is 60.7 Å². The molecule has 3 aromatic carbocycles. The lowest BCUT2D eigenvalue weighted by Gasteiger charge is -2.24. The number of non-ortho nitro benzene ring substituents is 1. The van der Waals surface area contributed by atoms with Crippen LogP contribution < -0.4 is 3.71 Å². The lowest BCUT2D eigenvalue weighted by Crippen LogP contribution is -2.37. The summed E-state index contributed by atoms with van der Waals surface area (Å²) in [5, 5.41) is 11.1. The number of hydrogen-bond donors (Lipinski definition) is 0. The van der Waals surface area contributed by atoms with Gasteiger partial charge in [-0.2, -0.15) is 3.71 Å². The molecule has 0 unspecified atom stereocenters. The maximum Gasteiger partial charge on any atom is 0.277 e. The number of hydrogen-bond acceptors (Lipinski definition) is 6. The molecule has 0 saturated heterocycles. The zero-order chi connectivity index (χ0) is 20.4. The van der Waals surface area contributed by atoms with Crippen molar-refractivity contribution in [2.75, 3.05) is 3.71 Å². The molecular weight excluding hydrogens is 404 g/mol. The molecule has 0 spiro atoms. The second kappa shape index (κ2) is 7.41. The third-order valence-corrected chi connectivity index (χ3v) is 7.98. The van der Waals surface area contributed by atoms with Crippen LogP contribution in [-0.4, -0.2) is 21.8 Å². The van der Waals surface area contributed by atoms with Crippen LogP contribution in [0.2, 0.25) is 0 Å². The van der Waals surface area contributed by atoms with Crippen molar-refractivity contribution in [2.45, 2.75) is 9.79 Å². The Morgan fingerprint density at radius 2 is 1.14 bits per heavy atom. The summed E-state index contributed by atoms with van der Waals surface area (Å²) in [5.41, 5.74) is -0.795. The normalized spacial score (nSPS) is 11.7. The smallest absolute Gasteiger partial charge is 0.258 e. The van der Waals surface area contributed by atoms with Gasteiger partial charge in [-0.05, 0) is 30.3 Å². The lowest BCUT2D eigenvalue weighted by atomic mass is 10.3. The number of nitro benzene ring substituents is 1. The van der Waals surface area contributed by atoms with Crippen molar-refractivity contribution in [3.8, 4) is 0 Å². The molecule has 0 saturated carbocycles. The monoisotopic (exact) mass is 418 g/mol. The zero-order valence-corrected chi connectivity index (χ0v) is 15.9. The summed E-state index contributed by atoms with van der Waals surface area (Å²) in [5.74, 6) is 0. The van der Waals surface area contributed by atoms with E-state index in [0.717, 1.165) is 12.1 Å². The van der Waals surface area contributed by atoms with E-state index in [4.69, 9.17) is 0 Å². The number of sulfonamides is 2. The summed E-state index contributed by atoms with van der Waals surface area (Å²) in [6.07, 6.45) is 0. The highest BCUT2D eigenvalue weighted by Gasteiger charge is 2.37. The predicted molar refractivity (Wildman–Crippen MR) is 103 cm³/mol. The maximum atomic E-state index is 13.2. The first kappa shape index (κ1) is 19.5. The standard InChI is InChI=1S/C18H14N2O6S2/c21-19(22)15-8-7-9-16(14-15)20(27(23,24)17-10-3-1-4-11-17)28(25,26)18-12-5-2-6-13-18/h1-14H. The van der Waals surface area contributed by atoms with Crippen LogP contribution in [0, 0.1) is 10.1 Å². The highest BCUT2D eigenvalue weighted by atomic mass is 32.3. The van der Waals surface area contributed by atoms with Crippen LogP contribution in [0.1, 0.15) is 0 Å². The molecule has 0 aromatic heterocycles. The van der Waals surface area contributed by atoms with Crippen LogP contribution in [0.3, 0.4) is 0 Å². The summed E-state index contributed by atoms with van der Waals surface area (Å²) >= 11 is 0.